The number of Topliss-reactive ketones (excluding diaryl/α,β-unsaturated/α-hetero) is 1. The van der Waals surface area contributed by atoms with E-state index in [2.05, 4.69) is 9.97 Å². The molecule has 1 fully saturated rings. The van der Waals surface area contributed by atoms with Crippen LogP contribution in [0.3, 0.4) is 0 Å². The summed E-state index contributed by atoms with van der Waals surface area (Å²) in [7, 11) is -3.99. The highest BCUT2D eigenvalue weighted by Crippen LogP contribution is 2.31. The summed E-state index contributed by atoms with van der Waals surface area (Å²) in [6.07, 6.45) is -0.476. The number of halogens is 3. The molecule has 0 radical (unpaired) electrons. The number of nitrogens with zero attached hydrogens (tertiary/aromatic N) is 3. The highest BCUT2D eigenvalue weighted by molar-refractivity contribution is 7.89. The molecule has 1 aliphatic rings. The number of ketones is 1. The van der Waals surface area contributed by atoms with Gasteiger partial charge in [0.2, 0.25) is 5.09 Å². The van der Waals surface area contributed by atoms with E-state index in [0.717, 1.165) is 17.8 Å². The molecule has 37 heavy (non-hydrogen) atoms. The number of para-hydroxylation sites is 1. The van der Waals surface area contributed by atoms with Gasteiger partial charge in [-0.05, 0) is 55.2 Å². The van der Waals surface area contributed by atoms with Crippen LogP contribution in [0.4, 0.5) is 13.2 Å². The SMILES string of the molecule is O=C(CCc1ccnc(-c2ccc(C(F)(F)F)nc2)c1)C1CCCN1S(=O)(=O)c1cc2ccccc2o1. The highest BCUT2D eigenvalue weighted by atomic mass is 32.2. The van der Waals surface area contributed by atoms with E-state index < -0.39 is 27.9 Å². The van der Waals surface area contributed by atoms with Crippen molar-refractivity contribution >= 4 is 26.8 Å². The van der Waals surface area contributed by atoms with Crippen LogP contribution in [0.15, 0.2) is 76.5 Å². The molecule has 1 aromatic carbocycles. The summed E-state index contributed by atoms with van der Waals surface area (Å²) < 4.78 is 71.7. The van der Waals surface area contributed by atoms with Gasteiger partial charge in [0, 0.05) is 42.4 Å². The molecule has 0 aliphatic carbocycles. The standard InChI is InChI=1S/C26H22F3N3O4S/c27-26(28,29)24-10-8-19(16-31-24)20-14-17(11-12-30-20)7-9-22(33)21-5-3-13-32(21)37(34,35)25-15-18-4-1-2-6-23(18)36-25/h1-2,4,6,8,10-12,14-16,21H,3,5,7,9,13H2. The fourth-order valence-corrected chi connectivity index (χ4v) is 6.11. The van der Waals surface area contributed by atoms with Crippen LogP contribution in [0.25, 0.3) is 22.2 Å². The van der Waals surface area contributed by atoms with Crippen LogP contribution in [0.5, 0.6) is 0 Å². The first kappa shape index (κ1) is 25.1. The van der Waals surface area contributed by atoms with Crippen molar-refractivity contribution in [3.63, 3.8) is 0 Å². The number of pyridine rings is 2. The molecule has 192 valence electrons. The summed E-state index contributed by atoms with van der Waals surface area (Å²) in [4.78, 5) is 20.8. The molecular weight excluding hydrogens is 507 g/mol. The molecule has 1 aliphatic heterocycles. The third-order valence-electron chi connectivity index (χ3n) is 6.38. The average Bonchev–Trinajstić information content (AvgIpc) is 3.55. The Labute approximate surface area is 211 Å². The van der Waals surface area contributed by atoms with Crippen LogP contribution in [-0.4, -0.2) is 41.1 Å². The Hall–Kier alpha value is -3.57. The molecule has 1 saturated heterocycles. The number of sulfonamides is 1. The van der Waals surface area contributed by atoms with E-state index in [0.29, 0.717) is 41.5 Å². The molecule has 7 nitrogen and oxygen atoms in total. The molecule has 4 aromatic rings. The fourth-order valence-electron chi connectivity index (χ4n) is 4.48. The first-order valence-corrected chi connectivity index (χ1v) is 13.1. The molecular formula is C26H22F3N3O4S. The third kappa shape index (κ3) is 5.14. The van der Waals surface area contributed by atoms with E-state index in [1.54, 1.807) is 36.4 Å². The van der Waals surface area contributed by atoms with E-state index in [1.165, 1.54) is 22.6 Å². The number of carbonyl (C=O) groups is 1. The van der Waals surface area contributed by atoms with Gasteiger partial charge in [-0.1, -0.05) is 18.2 Å². The number of alkyl halides is 3. The highest BCUT2D eigenvalue weighted by Gasteiger charge is 2.40. The van der Waals surface area contributed by atoms with Gasteiger partial charge in [-0.2, -0.15) is 17.5 Å². The first-order valence-electron chi connectivity index (χ1n) is 11.6. The maximum absolute atomic E-state index is 13.3. The van der Waals surface area contributed by atoms with Crippen LogP contribution in [0, 0.1) is 0 Å². The Bertz CT molecular complexity index is 1520. The van der Waals surface area contributed by atoms with Gasteiger partial charge in [0.05, 0.1) is 11.7 Å². The Morgan fingerprint density at radius 3 is 2.62 bits per heavy atom. The summed E-state index contributed by atoms with van der Waals surface area (Å²) in [5, 5.41) is 0.484. The van der Waals surface area contributed by atoms with Gasteiger partial charge in [-0.15, -0.1) is 0 Å². The van der Waals surface area contributed by atoms with Crippen LogP contribution in [0.2, 0.25) is 0 Å². The van der Waals surface area contributed by atoms with Crippen molar-refractivity contribution in [1.82, 2.24) is 14.3 Å². The van der Waals surface area contributed by atoms with Gasteiger partial charge < -0.3 is 4.42 Å². The second-order valence-corrected chi connectivity index (χ2v) is 10.6. The molecule has 0 saturated carbocycles. The fraction of sp³-hybridized carbons (Fsp3) is 0.269. The van der Waals surface area contributed by atoms with Crippen molar-refractivity contribution in [1.29, 1.82) is 0 Å². The summed E-state index contributed by atoms with van der Waals surface area (Å²) >= 11 is 0. The van der Waals surface area contributed by atoms with Crippen LogP contribution < -0.4 is 0 Å². The number of aryl methyl sites for hydroxylation is 1. The van der Waals surface area contributed by atoms with Gasteiger partial charge in [-0.25, -0.2) is 8.42 Å². The zero-order valence-electron chi connectivity index (χ0n) is 19.5. The molecule has 0 bridgehead atoms. The quantitative estimate of drug-likeness (QED) is 0.324. The normalized spacial score (nSPS) is 16.9. The number of rotatable bonds is 7. The molecule has 3 aromatic heterocycles. The molecule has 1 atom stereocenters. The summed E-state index contributed by atoms with van der Waals surface area (Å²) in [6, 6.07) is 13.3. The second kappa shape index (κ2) is 9.71. The number of furan rings is 1. The lowest BCUT2D eigenvalue weighted by atomic mass is 10.0. The monoisotopic (exact) mass is 529 g/mol. The van der Waals surface area contributed by atoms with Crippen LogP contribution in [-0.2, 0) is 27.4 Å². The minimum absolute atomic E-state index is 0.103. The lowest BCUT2D eigenvalue weighted by Gasteiger charge is -2.21. The van der Waals surface area contributed by atoms with E-state index >= 15 is 0 Å². The predicted molar refractivity (Wildman–Crippen MR) is 129 cm³/mol. The van der Waals surface area contributed by atoms with Gasteiger partial charge in [0.15, 0.2) is 5.78 Å². The third-order valence-corrected chi connectivity index (χ3v) is 8.14. The smallest absolute Gasteiger partial charge is 0.433 e. The second-order valence-electron chi connectivity index (χ2n) is 8.82. The van der Waals surface area contributed by atoms with E-state index in [9.17, 15) is 26.4 Å². The lowest BCUT2D eigenvalue weighted by Crippen LogP contribution is -2.40. The van der Waals surface area contributed by atoms with Gasteiger partial charge in [0.25, 0.3) is 10.0 Å². The van der Waals surface area contributed by atoms with Crippen molar-refractivity contribution in [3.8, 4) is 11.3 Å². The lowest BCUT2D eigenvalue weighted by molar-refractivity contribution is -0.141. The first-order chi connectivity index (χ1) is 17.6. The average molecular weight is 530 g/mol. The summed E-state index contributed by atoms with van der Waals surface area (Å²) in [5.41, 5.74) is 1.07. The molecule has 0 spiro atoms. The van der Waals surface area contributed by atoms with E-state index in [1.807, 2.05) is 0 Å². The van der Waals surface area contributed by atoms with Crippen molar-refractivity contribution in [3.05, 3.63) is 78.2 Å². The zero-order chi connectivity index (χ0) is 26.2. The Morgan fingerprint density at radius 2 is 1.89 bits per heavy atom. The largest absolute Gasteiger partial charge is 0.443 e. The topological polar surface area (TPSA) is 93.4 Å². The zero-order valence-corrected chi connectivity index (χ0v) is 20.3. The van der Waals surface area contributed by atoms with Crippen molar-refractivity contribution in [2.75, 3.05) is 6.54 Å². The minimum atomic E-state index is -4.53. The van der Waals surface area contributed by atoms with Crippen molar-refractivity contribution in [2.24, 2.45) is 0 Å². The van der Waals surface area contributed by atoms with Gasteiger partial charge in [-0.3, -0.25) is 14.8 Å². The van der Waals surface area contributed by atoms with E-state index in [-0.39, 0.29) is 23.8 Å². The molecule has 0 amide bonds. The molecule has 0 N–H and O–H groups in total. The summed E-state index contributed by atoms with van der Waals surface area (Å²) in [5.74, 6) is -0.202. The molecule has 1 unspecified atom stereocenters. The maximum Gasteiger partial charge on any atom is 0.433 e. The minimum Gasteiger partial charge on any atom is -0.443 e. The number of aromatic nitrogens is 2. The molecule has 5 rings (SSSR count). The summed E-state index contributed by atoms with van der Waals surface area (Å²) in [6.45, 7) is 0.232. The Balaban J connectivity index is 1.28. The van der Waals surface area contributed by atoms with Crippen molar-refractivity contribution < 1.29 is 30.8 Å². The van der Waals surface area contributed by atoms with E-state index in [4.69, 9.17) is 4.42 Å². The number of hydrogen-bond donors (Lipinski definition) is 0. The van der Waals surface area contributed by atoms with Crippen molar-refractivity contribution in [2.45, 2.75) is 43.0 Å². The molecule has 11 heteroatoms. The number of carbonyl (C=O) groups excluding carboxylic acids is 1. The van der Waals surface area contributed by atoms with Gasteiger partial charge in [0.1, 0.15) is 11.3 Å². The Morgan fingerprint density at radius 1 is 1.08 bits per heavy atom. The van der Waals surface area contributed by atoms with Gasteiger partial charge >= 0.3 is 6.18 Å². The number of hydrogen-bond acceptors (Lipinski definition) is 6. The van der Waals surface area contributed by atoms with Crippen LogP contribution in [0.1, 0.15) is 30.5 Å². The number of fused-ring (bicyclic) bond motifs is 1. The number of benzene rings is 1. The predicted octanol–water partition coefficient (Wildman–Crippen LogP) is 5.26. The Kier molecular flexibility index (Phi) is 6.59. The molecule has 4 heterocycles. The van der Waals surface area contributed by atoms with Crippen LogP contribution >= 0.6 is 0 Å². The maximum atomic E-state index is 13.3.